The van der Waals surface area contributed by atoms with Crippen molar-refractivity contribution in [3.8, 4) is 5.75 Å². The number of nitrogens with zero attached hydrogens (tertiary/aromatic N) is 1. The standard InChI is InChI=1S/C29H28FN3O6S2/c1-20-5-4-6-21(2)29(20)32-40(35,36)26-17-9-23(10-18-26)31-28(34)19-33(24-11-13-25(39-3)14-12-24)41(37,38)27-15-7-22(30)8-16-27/h4-18,32H,19H2,1-3H3,(H,31,34). The fraction of sp³-hybridized carbons (Fsp3) is 0.138. The molecule has 9 nitrogen and oxygen atoms in total. The van der Waals surface area contributed by atoms with E-state index in [0.717, 1.165) is 39.7 Å². The molecule has 0 aromatic heterocycles. The summed E-state index contributed by atoms with van der Waals surface area (Å²) in [7, 11) is -6.70. The molecular weight excluding hydrogens is 569 g/mol. The third-order valence-electron chi connectivity index (χ3n) is 6.22. The maximum Gasteiger partial charge on any atom is 0.264 e. The number of ether oxygens (including phenoxy) is 1. The molecule has 0 fully saturated rings. The molecular formula is C29H28FN3O6S2. The minimum atomic E-state index is -4.26. The number of amides is 1. The van der Waals surface area contributed by atoms with Crippen molar-refractivity contribution in [1.29, 1.82) is 0 Å². The Balaban J connectivity index is 1.54. The molecule has 0 heterocycles. The van der Waals surface area contributed by atoms with Gasteiger partial charge in [-0.25, -0.2) is 21.2 Å². The second-order valence-corrected chi connectivity index (χ2v) is 12.7. The fourth-order valence-electron chi connectivity index (χ4n) is 4.01. The first-order chi connectivity index (χ1) is 19.4. The van der Waals surface area contributed by atoms with Crippen molar-refractivity contribution in [1.82, 2.24) is 0 Å². The Labute approximate surface area is 238 Å². The van der Waals surface area contributed by atoms with Crippen LogP contribution in [0.25, 0.3) is 0 Å². The lowest BCUT2D eigenvalue weighted by Gasteiger charge is -2.24. The molecule has 0 aliphatic heterocycles. The van der Waals surface area contributed by atoms with Crippen molar-refractivity contribution < 1.29 is 30.8 Å². The number of anilines is 3. The van der Waals surface area contributed by atoms with Gasteiger partial charge in [0.05, 0.1) is 28.3 Å². The number of rotatable bonds is 10. The quantitative estimate of drug-likeness (QED) is 0.263. The van der Waals surface area contributed by atoms with Crippen LogP contribution < -0.4 is 19.1 Å². The molecule has 0 radical (unpaired) electrons. The summed E-state index contributed by atoms with van der Waals surface area (Å²) < 4.78 is 74.9. The predicted molar refractivity (Wildman–Crippen MR) is 156 cm³/mol. The number of carbonyl (C=O) groups is 1. The van der Waals surface area contributed by atoms with Gasteiger partial charge >= 0.3 is 0 Å². The van der Waals surface area contributed by atoms with Gasteiger partial charge in [0.15, 0.2) is 0 Å². The average Bonchev–Trinajstić information content (AvgIpc) is 2.94. The second-order valence-electron chi connectivity index (χ2n) is 9.11. The summed E-state index contributed by atoms with van der Waals surface area (Å²) in [5.41, 5.74) is 2.48. The molecule has 0 atom stereocenters. The van der Waals surface area contributed by atoms with E-state index in [1.165, 1.54) is 43.5 Å². The minimum Gasteiger partial charge on any atom is -0.497 e. The van der Waals surface area contributed by atoms with Gasteiger partial charge in [0.25, 0.3) is 20.0 Å². The number of hydrogen-bond donors (Lipinski definition) is 2. The Hall–Kier alpha value is -4.42. The van der Waals surface area contributed by atoms with Crippen LogP contribution in [0.5, 0.6) is 5.75 Å². The lowest BCUT2D eigenvalue weighted by molar-refractivity contribution is -0.114. The van der Waals surface area contributed by atoms with Gasteiger partial charge in [-0.3, -0.25) is 13.8 Å². The van der Waals surface area contributed by atoms with Crippen molar-refractivity contribution in [2.75, 3.05) is 28.0 Å². The summed E-state index contributed by atoms with van der Waals surface area (Å²) in [5, 5.41) is 2.60. The number of methoxy groups -OCH3 is 1. The summed E-state index contributed by atoms with van der Waals surface area (Å²) >= 11 is 0. The topological polar surface area (TPSA) is 122 Å². The number of halogens is 1. The highest BCUT2D eigenvalue weighted by Crippen LogP contribution is 2.27. The van der Waals surface area contributed by atoms with Crippen molar-refractivity contribution in [2.45, 2.75) is 23.6 Å². The Morgan fingerprint density at radius 1 is 0.805 bits per heavy atom. The lowest BCUT2D eigenvalue weighted by Crippen LogP contribution is -2.38. The highest BCUT2D eigenvalue weighted by atomic mass is 32.2. The molecule has 4 rings (SSSR count). The van der Waals surface area contributed by atoms with Crippen molar-refractivity contribution >= 4 is 43.0 Å². The van der Waals surface area contributed by atoms with Crippen molar-refractivity contribution in [2.24, 2.45) is 0 Å². The molecule has 0 unspecified atom stereocenters. The van der Waals surface area contributed by atoms with E-state index >= 15 is 0 Å². The van der Waals surface area contributed by atoms with Gasteiger partial charge in [0.1, 0.15) is 18.1 Å². The van der Waals surface area contributed by atoms with Crippen LogP contribution in [-0.4, -0.2) is 36.4 Å². The molecule has 4 aromatic rings. The van der Waals surface area contributed by atoms with Crippen LogP contribution in [0, 0.1) is 19.7 Å². The van der Waals surface area contributed by atoms with Gasteiger partial charge in [-0.05, 0) is 97.8 Å². The summed E-state index contributed by atoms with van der Waals surface area (Å²) in [6.45, 7) is 2.99. The third kappa shape index (κ3) is 6.84. The van der Waals surface area contributed by atoms with E-state index in [9.17, 15) is 26.0 Å². The molecule has 2 N–H and O–H groups in total. The molecule has 12 heteroatoms. The molecule has 1 amide bonds. The Morgan fingerprint density at radius 2 is 1.37 bits per heavy atom. The number of benzene rings is 4. The highest BCUT2D eigenvalue weighted by molar-refractivity contribution is 7.93. The maximum absolute atomic E-state index is 13.5. The van der Waals surface area contributed by atoms with E-state index in [0.29, 0.717) is 11.4 Å². The first-order valence-corrected chi connectivity index (χ1v) is 15.2. The Morgan fingerprint density at radius 3 is 1.93 bits per heavy atom. The predicted octanol–water partition coefficient (Wildman–Crippen LogP) is 5.09. The van der Waals surface area contributed by atoms with Gasteiger partial charge < -0.3 is 10.1 Å². The first-order valence-electron chi connectivity index (χ1n) is 12.3. The molecule has 0 saturated heterocycles. The van der Waals surface area contributed by atoms with Crippen LogP contribution in [0.4, 0.5) is 21.5 Å². The summed E-state index contributed by atoms with van der Waals surface area (Å²) in [5.74, 6) is -0.803. The summed E-state index contributed by atoms with van der Waals surface area (Å²) in [6, 6.07) is 21.2. The molecule has 0 bridgehead atoms. The van der Waals surface area contributed by atoms with E-state index in [4.69, 9.17) is 4.74 Å². The Kier molecular flexibility index (Phi) is 8.64. The van der Waals surface area contributed by atoms with Crippen LogP contribution in [0.2, 0.25) is 0 Å². The zero-order valence-corrected chi connectivity index (χ0v) is 24.1. The van der Waals surface area contributed by atoms with Gasteiger partial charge in [0.2, 0.25) is 5.91 Å². The molecule has 0 aliphatic carbocycles. The molecule has 0 aliphatic rings. The number of aryl methyl sites for hydroxylation is 2. The number of para-hydroxylation sites is 1. The van der Waals surface area contributed by atoms with Crippen LogP contribution in [0.3, 0.4) is 0 Å². The van der Waals surface area contributed by atoms with Crippen molar-refractivity contribution in [3.05, 3.63) is 108 Å². The van der Waals surface area contributed by atoms with Gasteiger partial charge in [-0.15, -0.1) is 0 Å². The smallest absolute Gasteiger partial charge is 0.264 e. The number of carbonyl (C=O) groups excluding carboxylic acids is 1. The zero-order chi connectivity index (χ0) is 29.8. The SMILES string of the molecule is COc1ccc(N(CC(=O)Nc2ccc(S(=O)(=O)Nc3c(C)cccc3C)cc2)S(=O)(=O)c2ccc(F)cc2)cc1. The molecule has 0 saturated carbocycles. The summed E-state index contributed by atoms with van der Waals surface area (Å²) in [4.78, 5) is 12.8. The Bertz CT molecular complexity index is 1740. The summed E-state index contributed by atoms with van der Waals surface area (Å²) in [6.07, 6.45) is 0. The lowest BCUT2D eigenvalue weighted by atomic mass is 10.1. The van der Waals surface area contributed by atoms with Crippen LogP contribution >= 0.6 is 0 Å². The second kappa shape index (κ2) is 12.0. The molecule has 214 valence electrons. The maximum atomic E-state index is 13.5. The number of nitrogens with one attached hydrogen (secondary N) is 2. The monoisotopic (exact) mass is 597 g/mol. The van der Waals surface area contributed by atoms with Gasteiger partial charge in [0, 0.05) is 5.69 Å². The minimum absolute atomic E-state index is 0.0168. The average molecular weight is 598 g/mol. The zero-order valence-electron chi connectivity index (χ0n) is 22.5. The van der Waals surface area contributed by atoms with E-state index in [2.05, 4.69) is 10.0 Å². The van der Waals surface area contributed by atoms with E-state index in [-0.39, 0.29) is 21.2 Å². The fourth-order valence-corrected chi connectivity index (χ4v) is 6.64. The van der Waals surface area contributed by atoms with E-state index < -0.39 is 38.3 Å². The first kappa shape index (κ1) is 29.6. The third-order valence-corrected chi connectivity index (χ3v) is 9.37. The van der Waals surface area contributed by atoms with Crippen molar-refractivity contribution in [3.63, 3.8) is 0 Å². The van der Waals surface area contributed by atoms with Gasteiger partial charge in [-0.1, -0.05) is 18.2 Å². The number of sulfonamides is 2. The largest absolute Gasteiger partial charge is 0.497 e. The normalized spacial score (nSPS) is 11.5. The molecule has 41 heavy (non-hydrogen) atoms. The molecule has 4 aromatic carbocycles. The molecule has 0 spiro atoms. The van der Waals surface area contributed by atoms with Crippen LogP contribution in [0.15, 0.2) is 101 Å². The van der Waals surface area contributed by atoms with E-state index in [1.54, 1.807) is 38.1 Å². The van der Waals surface area contributed by atoms with Gasteiger partial charge in [-0.2, -0.15) is 0 Å². The highest BCUT2D eigenvalue weighted by Gasteiger charge is 2.27. The number of hydrogen-bond acceptors (Lipinski definition) is 6. The van der Waals surface area contributed by atoms with Crippen LogP contribution in [-0.2, 0) is 24.8 Å². The van der Waals surface area contributed by atoms with E-state index in [1.807, 2.05) is 6.07 Å². The van der Waals surface area contributed by atoms with Crippen LogP contribution in [0.1, 0.15) is 11.1 Å².